The van der Waals surface area contributed by atoms with Crippen LogP contribution >= 0.6 is 35.0 Å². The quantitative estimate of drug-likeness (QED) is 0.417. The van der Waals surface area contributed by atoms with Crippen LogP contribution in [0.5, 0.6) is 0 Å². The van der Waals surface area contributed by atoms with Crippen LogP contribution in [0.1, 0.15) is 12.7 Å². The van der Waals surface area contributed by atoms with Gasteiger partial charge in [-0.15, -0.1) is 11.8 Å². The number of fused-ring (bicyclic) bond motifs is 1. The molecule has 2 atom stereocenters. The number of hydrogen-bond donors (Lipinski definition) is 2. The van der Waals surface area contributed by atoms with Crippen molar-refractivity contribution >= 4 is 58.7 Å². The number of carboxylic acid groups (broad SMARTS) is 1. The summed E-state index contributed by atoms with van der Waals surface area (Å²) in [4.78, 5) is 49.2. The molecular formula is C22H18Cl2N2O7S. The van der Waals surface area contributed by atoms with Crippen molar-refractivity contribution in [2.45, 2.75) is 24.8 Å². The molecule has 1 fully saturated rings. The zero-order valence-corrected chi connectivity index (χ0v) is 20.0. The van der Waals surface area contributed by atoms with Crippen molar-refractivity contribution in [2.75, 3.05) is 12.4 Å². The molecule has 0 bridgehead atoms. The maximum atomic E-state index is 12.7. The summed E-state index contributed by atoms with van der Waals surface area (Å²) >= 11 is 13.7. The number of carbonyl (C=O) groups is 4. The Bertz CT molecular complexity index is 1210. The Balaban J connectivity index is 1.42. The minimum atomic E-state index is -1.30. The lowest BCUT2D eigenvalue weighted by Gasteiger charge is -2.49. The molecule has 2 amide bonds. The molecule has 2 aliphatic heterocycles. The predicted octanol–water partition coefficient (Wildman–Crippen LogP) is 3.10. The van der Waals surface area contributed by atoms with Crippen LogP contribution < -0.4 is 5.32 Å². The van der Waals surface area contributed by atoms with Gasteiger partial charge in [0.25, 0.3) is 5.91 Å². The molecule has 1 aromatic heterocycles. The van der Waals surface area contributed by atoms with E-state index in [-0.39, 0.29) is 24.5 Å². The second-order valence-corrected chi connectivity index (χ2v) is 9.45. The van der Waals surface area contributed by atoms with Crippen LogP contribution in [0.25, 0.3) is 11.3 Å². The molecule has 4 rings (SSSR count). The highest BCUT2D eigenvalue weighted by Crippen LogP contribution is 2.40. The van der Waals surface area contributed by atoms with Gasteiger partial charge in [-0.2, -0.15) is 0 Å². The van der Waals surface area contributed by atoms with Gasteiger partial charge in [0, 0.05) is 18.2 Å². The lowest BCUT2D eigenvalue weighted by molar-refractivity contribution is -0.151. The fraction of sp³-hybridized carbons (Fsp3) is 0.273. The lowest BCUT2D eigenvalue weighted by Crippen LogP contribution is -2.70. The Hall–Kier alpha value is -2.95. The number of nitrogens with zero attached hydrogens (tertiary/aromatic N) is 1. The first-order chi connectivity index (χ1) is 16.2. The summed E-state index contributed by atoms with van der Waals surface area (Å²) in [6.45, 7) is 0.999. The third-order valence-electron chi connectivity index (χ3n) is 5.22. The van der Waals surface area contributed by atoms with Crippen molar-refractivity contribution in [2.24, 2.45) is 0 Å². The molecule has 1 aromatic carbocycles. The van der Waals surface area contributed by atoms with Gasteiger partial charge >= 0.3 is 11.9 Å². The fourth-order valence-electron chi connectivity index (χ4n) is 3.71. The van der Waals surface area contributed by atoms with Gasteiger partial charge in [-0.1, -0.05) is 29.3 Å². The summed E-state index contributed by atoms with van der Waals surface area (Å²) in [5.41, 5.74) is 0.620. The van der Waals surface area contributed by atoms with Crippen molar-refractivity contribution in [3.8, 4) is 11.3 Å². The predicted molar refractivity (Wildman–Crippen MR) is 124 cm³/mol. The minimum Gasteiger partial charge on any atom is -0.477 e. The van der Waals surface area contributed by atoms with Crippen molar-refractivity contribution in [1.82, 2.24) is 10.2 Å². The second kappa shape index (κ2) is 9.73. The van der Waals surface area contributed by atoms with E-state index in [1.807, 2.05) is 0 Å². The number of aliphatic carboxylic acids is 1. The molecule has 2 N–H and O–H groups in total. The van der Waals surface area contributed by atoms with E-state index in [0.717, 1.165) is 4.90 Å². The molecule has 0 spiro atoms. The van der Waals surface area contributed by atoms with Crippen LogP contribution in [0, 0.1) is 0 Å². The van der Waals surface area contributed by atoms with Crippen LogP contribution in [-0.4, -0.2) is 57.5 Å². The molecule has 12 heteroatoms. The molecule has 1 saturated heterocycles. The minimum absolute atomic E-state index is 0.136. The summed E-state index contributed by atoms with van der Waals surface area (Å²) in [7, 11) is 0. The molecular weight excluding hydrogens is 507 g/mol. The van der Waals surface area contributed by atoms with Crippen molar-refractivity contribution in [1.29, 1.82) is 0 Å². The van der Waals surface area contributed by atoms with E-state index in [0.29, 0.717) is 32.7 Å². The highest BCUT2D eigenvalue weighted by Gasteiger charge is 2.54. The zero-order valence-electron chi connectivity index (χ0n) is 17.7. The molecule has 2 aliphatic rings. The number of esters is 1. The van der Waals surface area contributed by atoms with E-state index >= 15 is 0 Å². The second-order valence-electron chi connectivity index (χ2n) is 7.53. The summed E-state index contributed by atoms with van der Waals surface area (Å²) in [5.74, 6) is -1.87. The highest BCUT2D eigenvalue weighted by molar-refractivity contribution is 8.00. The Morgan fingerprint density at radius 3 is 2.59 bits per heavy atom. The first-order valence-corrected chi connectivity index (χ1v) is 11.8. The monoisotopic (exact) mass is 524 g/mol. The third kappa shape index (κ3) is 4.66. The van der Waals surface area contributed by atoms with Crippen molar-refractivity contribution in [3.63, 3.8) is 0 Å². The average molecular weight is 525 g/mol. The number of rotatable bonds is 7. The SMILES string of the molecule is CC(=O)OCC1=C(C(=O)O)N2C(=O)[C@@H](NC(=O)Cc3ccc(-c4c(Cl)cccc4Cl)o3)[C@H]2SC1. The Labute approximate surface area is 208 Å². The number of amides is 2. The van der Waals surface area contributed by atoms with Crippen LogP contribution in [0.4, 0.5) is 0 Å². The number of β-lactam (4-membered cyclic amide) rings is 1. The van der Waals surface area contributed by atoms with E-state index in [1.165, 1.54) is 18.7 Å². The van der Waals surface area contributed by atoms with Gasteiger partial charge in [-0.3, -0.25) is 19.3 Å². The van der Waals surface area contributed by atoms with Crippen LogP contribution in [0.2, 0.25) is 10.0 Å². The molecule has 0 aliphatic carbocycles. The molecule has 0 radical (unpaired) electrons. The van der Waals surface area contributed by atoms with Crippen LogP contribution in [-0.2, 0) is 30.3 Å². The van der Waals surface area contributed by atoms with Gasteiger partial charge in [0.2, 0.25) is 5.91 Å². The number of thioether (sulfide) groups is 1. The number of carbonyl (C=O) groups excluding carboxylic acids is 3. The third-order valence-corrected chi connectivity index (χ3v) is 7.19. The zero-order chi connectivity index (χ0) is 24.6. The molecule has 34 heavy (non-hydrogen) atoms. The van der Waals surface area contributed by atoms with Crippen LogP contribution in [0.3, 0.4) is 0 Å². The Morgan fingerprint density at radius 2 is 1.94 bits per heavy atom. The topological polar surface area (TPSA) is 126 Å². The number of halogens is 2. The van der Waals surface area contributed by atoms with Gasteiger partial charge in [0.05, 0.1) is 22.0 Å². The van der Waals surface area contributed by atoms with Gasteiger partial charge in [-0.25, -0.2) is 4.79 Å². The lowest BCUT2D eigenvalue weighted by atomic mass is 10.0. The van der Waals surface area contributed by atoms with Gasteiger partial charge in [0.15, 0.2) is 0 Å². The number of hydrogen-bond acceptors (Lipinski definition) is 7. The maximum absolute atomic E-state index is 12.7. The average Bonchev–Trinajstić information content (AvgIpc) is 3.22. The number of carboxylic acids is 1. The molecule has 0 unspecified atom stereocenters. The van der Waals surface area contributed by atoms with Crippen molar-refractivity contribution in [3.05, 3.63) is 57.4 Å². The van der Waals surface area contributed by atoms with E-state index in [9.17, 15) is 24.3 Å². The van der Waals surface area contributed by atoms with Gasteiger partial charge < -0.3 is 19.6 Å². The van der Waals surface area contributed by atoms with Gasteiger partial charge in [-0.05, 0) is 24.3 Å². The maximum Gasteiger partial charge on any atom is 0.352 e. The standard InChI is InChI=1S/C22H18Cl2N2O7S/c1-10(27)32-8-11-9-34-21-18(20(29)26(21)19(11)22(30)31)25-16(28)7-12-5-6-15(33-12)17-13(23)3-2-4-14(17)24/h2-6,18,21H,7-9H2,1H3,(H,25,28)(H,30,31)/t18-,21-/m1/s1. The Morgan fingerprint density at radius 1 is 1.24 bits per heavy atom. The van der Waals surface area contributed by atoms with E-state index in [4.69, 9.17) is 32.4 Å². The molecule has 2 aromatic rings. The largest absolute Gasteiger partial charge is 0.477 e. The first kappa shape index (κ1) is 24.2. The first-order valence-electron chi connectivity index (χ1n) is 10.0. The summed E-state index contributed by atoms with van der Waals surface area (Å²) in [6, 6.07) is 7.44. The number of furan rings is 1. The number of benzene rings is 1. The van der Waals surface area contributed by atoms with Crippen LogP contribution in [0.15, 0.2) is 46.0 Å². The normalized spacial score (nSPS) is 19.4. The molecule has 178 valence electrons. The summed E-state index contributed by atoms with van der Waals surface area (Å²) < 4.78 is 10.6. The van der Waals surface area contributed by atoms with Gasteiger partial charge in [0.1, 0.15) is 35.2 Å². The summed E-state index contributed by atoms with van der Waals surface area (Å²) in [5, 5.41) is 12.5. The highest BCUT2D eigenvalue weighted by atomic mass is 35.5. The molecule has 0 saturated carbocycles. The summed E-state index contributed by atoms with van der Waals surface area (Å²) in [6.07, 6.45) is -0.136. The van der Waals surface area contributed by atoms with E-state index in [1.54, 1.807) is 30.3 Å². The van der Waals surface area contributed by atoms with E-state index in [2.05, 4.69) is 5.32 Å². The Kier molecular flexibility index (Phi) is 6.92. The van der Waals surface area contributed by atoms with Crippen molar-refractivity contribution < 1.29 is 33.4 Å². The molecule has 3 heterocycles. The molecule has 9 nitrogen and oxygen atoms in total. The van der Waals surface area contributed by atoms with E-state index < -0.39 is 35.2 Å². The fourth-order valence-corrected chi connectivity index (χ4v) is 5.62. The smallest absolute Gasteiger partial charge is 0.352 e. The number of ether oxygens (including phenoxy) is 1. The number of nitrogens with one attached hydrogen (secondary N) is 1.